The maximum absolute atomic E-state index is 13.1. The highest BCUT2D eigenvalue weighted by molar-refractivity contribution is 6.42. The summed E-state index contributed by atoms with van der Waals surface area (Å²) in [6, 6.07) is 4.49. The molecule has 0 spiro atoms. The monoisotopic (exact) mass is 466 g/mol. The van der Waals surface area contributed by atoms with Crippen LogP contribution in [0, 0.1) is 0 Å². The number of amides is 3. The molecule has 0 N–H and O–H groups in total. The van der Waals surface area contributed by atoms with E-state index in [1.807, 2.05) is 0 Å². The van der Waals surface area contributed by atoms with E-state index in [1.54, 1.807) is 28.0 Å². The Morgan fingerprint density at radius 3 is 2.45 bits per heavy atom. The number of benzene rings is 1. The van der Waals surface area contributed by atoms with Crippen molar-refractivity contribution in [2.45, 2.75) is 26.0 Å². The molecule has 1 aromatic rings. The van der Waals surface area contributed by atoms with Crippen molar-refractivity contribution in [2.24, 2.45) is 5.16 Å². The SMILES string of the molecule is C=CC(=O)N1CC(=NOCc2ccc(Cl)c(Cl)c2)C[C@H]1C(=O)N1CCN(C(C)=O)CC1. The van der Waals surface area contributed by atoms with Gasteiger partial charge in [0.15, 0.2) is 0 Å². The second-order valence-corrected chi connectivity index (χ2v) is 8.22. The normalized spacial score (nSPS) is 20.2. The summed E-state index contributed by atoms with van der Waals surface area (Å²) in [4.78, 5) is 47.2. The average Bonchev–Trinajstić information content (AvgIpc) is 3.19. The highest BCUT2D eigenvalue weighted by atomic mass is 35.5. The summed E-state index contributed by atoms with van der Waals surface area (Å²) in [5.74, 6) is -0.506. The number of rotatable bonds is 5. The molecule has 3 amide bonds. The molecule has 0 radical (unpaired) electrons. The van der Waals surface area contributed by atoms with Crippen LogP contribution in [0.1, 0.15) is 18.9 Å². The summed E-state index contributed by atoms with van der Waals surface area (Å²) < 4.78 is 0. The minimum Gasteiger partial charge on any atom is -0.391 e. The zero-order valence-electron chi connectivity index (χ0n) is 17.2. The van der Waals surface area contributed by atoms with E-state index in [2.05, 4.69) is 11.7 Å². The van der Waals surface area contributed by atoms with Gasteiger partial charge in [0.05, 0.1) is 22.3 Å². The van der Waals surface area contributed by atoms with Crippen LogP contribution in [0.3, 0.4) is 0 Å². The first kappa shape index (κ1) is 23.1. The highest BCUT2D eigenvalue weighted by Crippen LogP contribution is 2.23. The van der Waals surface area contributed by atoms with Crippen molar-refractivity contribution in [3.8, 4) is 0 Å². The Labute approximate surface area is 191 Å². The molecule has 0 unspecified atom stereocenters. The van der Waals surface area contributed by atoms with Crippen molar-refractivity contribution in [1.82, 2.24) is 14.7 Å². The molecule has 2 aliphatic rings. The molecule has 0 saturated carbocycles. The predicted octanol–water partition coefficient (Wildman–Crippen LogP) is 2.34. The van der Waals surface area contributed by atoms with Crippen molar-refractivity contribution in [3.63, 3.8) is 0 Å². The molecule has 2 heterocycles. The molecule has 1 atom stereocenters. The van der Waals surface area contributed by atoms with E-state index in [9.17, 15) is 14.4 Å². The number of nitrogens with zero attached hydrogens (tertiary/aromatic N) is 4. The predicted molar refractivity (Wildman–Crippen MR) is 118 cm³/mol. The summed E-state index contributed by atoms with van der Waals surface area (Å²) in [5, 5.41) is 5.02. The molecule has 166 valence electrons. The topological polar surface area (TPSA) is 82.5 Å². The third kappa shape index (κ3) is 5.57. The summed E-state index contributed by atoms with van der Waals surface area (Å²) in [6.07, 6.45) is 1.47. The molecule has 8 nitrogen and oxygen atoms in total. The first-order valence-electron chi connectivity index (χ1n) is 9.89. The van der Waals surface area contributed by atoms with E-state index in [0.717, 1.165) is 5.56 Å². The van der Waals surface area contributed by atoms with Crippen LogP contribution in [0.15, 0.2) is 36.0 Å². The van der Waals surface area contributed by atoms with Crippen LogP contribution in [0.5, 0.6) is 0 Å². The van der Waals surface area contributed by atoms with Crippen LogP contribution in [-0.4, -0.2) is 76.9 Å². The van der Waals surface area contributed by atoms with Gasteiger partial charge in [-0.3, -0.25) is 14.4 Å². The first-order valence-corrected chi connectivity index (χ1v) is 10.6. The van der Waals surface area contributed by atoms with Gasteiger partial charge in [-0.1, -0.05) is 41.0 Å². The summed E-state index contributed by atoms with van der Waals surface area (Å²) in [6.45, 7) is 7.25. The van der Waals surface area contributed by atoms with Crippen LogP contribution < -0.4 is 0 Å². The lowest BCUT2D eigenvalue weighted by molar-refractivity contribution is -0.144. The van der Waals surface area contributed by atoms with Gasteiger partial charge in [0.1, 0.15) is 12.6 Å². The van der Waals surface area contributed by atoms with E-state index >= 15 is 0 Å². The van der Waals surface area contributed by atoms with Gasteiger partial charge in [-0.25, -0.2) is 0 Å². The second kappa shape index (κ2) is 10.2. The van der Waals surface area contributed by atoms with Crippen molar-refractivity contribution in [3.05, 3.63) is 46.5 Å². The van der Waals surface area contributed by atoms with Crippen LogP contribution in [-0.2, 0) is 25.8 Å². The number of piperazine rings is 1. The molecule has 1 aromatic carbocycles. The fraction of sp³-hybridized carbons (Fsp3) is 0.429. The summed E-state index contributed by atoms with van der Waals surface area (Å²) in [7, 11) is 0. The largest absolute Gasteiger partial charge is 0.391 e. The van der Waals surface area contributed by atoms with Crippen LogP contribution in [0.2, 0.25) is 10.0 Å². The third-order valence-corrected chi connectivity index (χ3v) is 6.09. The summed E-state index contributed by atoms with van der Waals surface area (Å²) >= 11 is 11.9. The average molecular weight is 467 g/mol. The Morgan fingerprint density at radius 1 is 1.16 bits per heavy atom. The minimum atomic E-state index is -0.665. The third-order valence-electron chi connectivity index (χ3n) is 5.35. The number of carbonyl (C=O) groups is 3. The Balaban J connectivity index is 1.64. The molecule has 0 bridgehead atoms. The number of halogens is 2. The fourth-order valence-corrected chi connectivity index (χ4v) is 3.94. The van der Waals surface area contributed by atoms with Crippen LogP contribution >= 0.6 is 23.2 Å². The number of oxime groups is 1. The first-order chi connectivity index (χ1) is 14.8. The van der Waals surface area contributed by atoms with Crippen LogP contribution in [0.25, 0.3) is 0 Å². The van der Waals surface area contributed by atoms with E-state index in [4.69, 9.17) is 28.0 Å². The lowest BCUT2D eigenvalue weighted by Crippen LogP contribution is -2.55. The molecular weight excluding hydrogens is 443 g/mol. The van der Waals surface area contributed by atoms with E-state index in [-0.39, 0.29) is 37.3 Å². The van der Waals surface area contributed by atoms with Gasteiger partial charge >= 0.3 is 0 Å². The molecular formula is C21H24Cl2N4O4. The van der Waals surface area contributed by atoms with Gasteiger partial charge in [-0.15, -0.1) is 0 Å². The second-order valence-electron chi connectivity index (χ2n) is 7.40. The van der Waals surface area contributed by atoms with Gasteiger partial charge in [0.25, 0.3) is 0 Å². The lowest BCUT2D eigenvalue weighted by Gasteiger charge is -2.36. The number of hydrogen-bond acceptors (Lipinski definition) is 5. The van der Waals surface area contributed by atoms with E-state index in [0.29, 0.717) is 41.9 Å². The molecule has 0 aromatic heterocycles. The highest BCUT2D eigenvalue weighted by Gasteiger charge is 2.40. The molecule has 2 fully saturated rings. The Bertz CT molecular complexity index is 913. The van der Waals surface area contributed by atoms with Gasteiger partial charge in [-0.2, -0.15) is 0 Å². The maximum Gasteiger partial charge on any atom is 0.246 e. The molecule has 3 rings (SSSR count). The Kier molecular flexibility index (Phi) is 7.56. The molecule has 10 heteroatoms. The van der Waals surface area contributed by atoms with Gasteiger partial charge in [0.2, 0.25) is 17.7 Å². The molecule has 2 saturated heterocycles. The standard InChI is InChI=1S/C21H24Cl2N4O4/c1-3-20(29)27-12-16(24-31-13-15-4-5-17(22)18(23)10-15)11-19(27)21(30)26-8-6-25(7-9-26)14(2)28/h3-5,10,19H,1,6-9,11-13H2,2H3/t19-/m0/s1. The number of hydrogen-bond donors (Lipinski definition) is 0. The fourth-order valence-electron chi connectivity index (χ4n) is 3.62. The zero-order valence-corrected chi connectivity index (χ0v) is 18.7. The number of likely N-dealkylation sites (tertiary alicyclic amines) is 1. The zero-order chi connectivity index (χ0) is 22.5. The van der Waals surface area contributed by atoms with E-state index < -0.39 is 6.04 Å². The molecule has 31 heavy (non-hydrogen) atoms. The van der Waals surface area contributed by atoms with Gasteiger partial charge in [0, 0.05) is 39.5 Å². The molecule has 2 aliphatic heterocycles. The van der Waals surface area contributed by atoms with Crippen molar-refractivity contribution >= 4 is 46.6 Å². The van der Waals surface area contributed by atoms with Gasteiger partial charge < -0.3 is 19.5 Å². The minimum absolute atomic E-state index is 0.00929. The molecule has 0 aliphatic carbocycles. The van der Waals surface area contributed by atoms with Crippen molar-refractivity contribution < 1.29 is 19.2 Å². The van der Waals surface area contributed by atoms with Crippen molar-refractivity contribution in [2.75, 3.05) is 32.7 Å². The maximum atomic E-state index is 13.1. The Hall–Kier alpha value is -2.58. The Morgan fingerprint density at radius 2 is 1.84 bits per heavy atom. The smallest absolute Gasteiger partial charge is 0.246 e. The van der Waals surface area contributed by atoms with Crippen molar-refractivity contribution in [1.29, 1.82) is 0 Å². The quantitative estimate of drug-likeness (QED) is 0.492. The van der Waals surface area contributed by atoms with Crippen LogP contribution in [0.4, 0.5) is 0 Å². The lowest BCUT2D eigenvalue weighted by atomic mass is 10.1. The van der Waals surface area contributed by atoms with Gasteiger partial charge in [-0.05, 0) is 23.8 Å². The number of carbonyl (C=O) groups excluding carboxylic acids is 3. The summed E-state index contributed by atoms with van der Waals surface area (Å²) in [5.41, 5.74) is 1.39. The van der Waals surface area contributed by atoms with E-state index in [1.165, 1.54) is 17.9 Å².